The summed E-state index contributed by atoms with van der Waals surface area (Å²) in [6, 6.07) is 16.9. The van der Waals surface area contributed by atoms with Crippen molar-refractivity contribution in [3.05, 3.63) is 65.2 Å². The summed E-state index contributed by atoms with van der Waals surface area (Å²) in [6.07, 6.45) is 3.43. The Kier molecular flexibility index (Phi) is 4.47. The van der Waals surface area contributed by atoms with Crippen LogP contribution in [0.1, 0.15) is 48.2 Å². The fourth-order valence-electron chi connectivity index (χ4n) is 4.32. The van der Waals surface area contributed by atoms with Crippen molar-refractivity contribution in [3.8, 4) is 0 Å². The molecule has 0 radical (unpaired) electrons. The van der Waals surface area contributed by atoms with E-state index in [2.05, 4.69) is 55.1 Å². The summed E-state index contributed by atoms with van der Waals surface area (Å²) in [5.41, 5.74) is 5.09. The van der Waals surface area contributed by atoms with Crippen LogP contribution in [0.3, 0.4) is 0 Å². The van der Waals surface area contributed by atoms with Gasteiger partial charge in [-0.25, -0.2) is 0 Å². The molecule has 136 valence electrons. The molecule has 3 nitrogen and oxygen atoms in total. The van der Waals surface area contributed by atoms with E-state index in [-0.39, 0.29) is 11.3 Å². The third-order valence-electron chi connectivity index (χ3n) is 5.75. The Morgan fingerprint density at radius 3 is 2.58 bits per heavy atom. The molecule has 1 saturated heterocycles. The number of fused-ring (bicyclic) bond motifs is 1. The first-order valence-corrected chi connectivity index (χ1v) is 9.73. The van der Waals surface area contributed by atoms with Crippen molar-refractivity contribution >= 4 is 11.6 Å². The zero-order valence-electron chi connectivity index (χ0n) is 15.9. The number of amides is 1. The first kappa shape index (κ1) is 17.1. The van der Waals surface area contributed by atoms with Gasteiger partial charge in [-0.05, 0) is 54.0 Å². The molecule has 3 heteroatoms. The van der Waals surface area contributed by atoms with Crippen molar-refractivity contribution in [1.82, 2.24) is 4.90 Å². The molecule has 0 bridgehead atoms. The lowest BCUT2D eigenvalue weighted by atomic mass is 9.84. The van der Waals surface area contributed by atoms with Crippen LogP contribution < -0.4 is 4.90 Å². The van der Waals surface area contributed by atoms with E-state index >= 15 is 0 Å². The minimum Gasteiger partial charge on any atom is -0.367 e. The highest BCUT2D eigenvalue weighted by Gasteiger charge is 2.29. The molecule has 0 aliphatic carbocycles. The van der Waals surface area contributed by atoms with Gasteiger partial charge in [0.05, 0.1) is 0 Å². The molecule has 0 unspecified atom stereocenters. The zero-order valence-corrected chi connectivity index (χ0v) is 15.9. The van der Waals surface area contributed by atoms with Crippen LogP contribution in [-0.4, -0.2) is 30.4 Å². The van der Waals surface area contributed by atoms with E-state index in [4.69, 9.17) is 0 Å². The molecule has 1 amide bonds. The van der Waals surface area contributed by atoms with Crippen LogP contribution in [0.5, 0.6) is 0 Å². The number of hydrogen-bond donors (Lipinski definition) is 0. The van der Waals surface area contributed by atoms with Gasteiger partial charge in [-0.1, -0.05) is 44.2 Å². The minimum absolute atomic E-state index is 0.177. The number of hydrogen-bond acceptors (Lipinski definition) is 2. The van der Waals surface area contributed by atoms with Crippen molar-refractivity contribution in [2.75, 3.05) is 24.5 Å². The van der Waals surface area contributed by atoms with Gasteiger partial charge in [0, 0.05) is 37.4 Å². The second kappa shape index (κ2) is 6.79. The highest BCUT2D eigenvalue weighted by molar-refractivity contribution is 5.94. The van der Waals surface area contributed by atoms with E-state index in [1.165, 1.54) is 23.2 Å². The molecule has 2 aromatic rings. The maximum atomic E-state index is 12.8. The summed E-state index contributed by atoms with van der Waals surface area (Å²) in [5, 5.41) is 0. The molecular formula is C23H28N2O. The average Bonchev–Trinajstić information content (AvgIpc) is 3.04. The number of nitrogens with zero attached hydrogens (tertiary/aromatic N) is 2. The second-order valence-electron chi connectivity index (χ2n) is 8.49. The van der Waals surface area contributed by atoms with E-state index in [1.807, 2.05) is 17.0 Å². The predicted molar refractivity (Wildman–Crippen MR) is 107 cm³/mol. The summed E-state index contributed by atoms with van der Waals surface area (Å²) in [4.78, 5) is 17.3. The zero-order chi connectivity index (χ0) is 18.1. The molecule has 0 N–H and O–H groups in total. The van der Waals surface area contributed by atoms with Gasteiger partial charge in [-0.2, -0.15) is 0 Å². The van der Waals surface area contributed by atoms with Gasteiger partial charge in [0.25, 0.3) is 5.91 Å². The molecule has 2 aliphatic heterocycles. The highest BCUT2D eigenvalue weighted by Crippen LogP contribution is 2.30. The number of rotatable bonds is 3. The molecule has 0 spiro atoms. The second-order valence-corrected chi connectivity index (χ2v) is 8.49. The maximum absolute atomic E-state index is 12.8. The van der Waals surface area contributed by atoms with Gasteiger partial charge in [0.2, 0.25) is 0 Å². The van der Waals surface area contributed by atoms with Crippen LogP contribution in [0.25, 0.3) is 0 Å². The third kappa shape index (κ3) is 3.48. The van der Waals surface area contributed by atoms with Gasteiger partial charge >= 0.3 is 0 Å². The number of likely N-dealkylation sites (tertiary alicyclic amines) is 1. The van der Waals surface area contributed by atoms with E-state index in [0.29, 0.717) is 0 Å². The molecule has 1 fully saturated rings. The first-order chi connectivity index (χ1) is 12.5. The van der Waals surface area contributed by atoms with Crippen molar-refractivity contribution in [1.29, 1.82) is 0 Å². The topological polar surface area (TPSA) is 23.6 Å². The van der Waals surface area contributed by atoms with Crippen molar-refractivity contribution in [2.45, 2.75) is 39.7 Å². The molecule has 0 saturated carbocycles. The number of benzene rings is 2. The standard InChI is InChI=1S/C23H28N2O/c1-23(2)13-5-14-25(17-23)22(26)20-10-8-18(9-11-20)16-24-15-12-19-6-3-4-7-21(19)24/h3-4,6-11H,5,12-17H2,1-2H3. The molecule has 26 heavy (non-hydrogen) atoms. The van der Waals surface area contributed by atoms with Crippen LogP contribution in [0.15, 0.2) is 48.5 Å². The van der Waals surface area contributed by atoms with Crippen LogP contribution in [0.4, 0.5) is 5.69 Å². The van der Waals surface area contributed by atoms with Gasteiger partial charge in [-0.15, -0.1) is 0 Å². The summed E-state index contributed by atoms with van der Waals surface area (Å²) >= 11 is 0. The van der Waals surface area contributed by atoms with E-state index in [9.17, 15) is 4.79 Å². The molecular weight excluding hydrogens is 320 g/mol. The minimum atomic E-state index is 0.177. The summed E-state index contributed by atoms with van der Waals surface area (Å²) in [7, 11) is 0. The third-order valence-corrected chi connectivity index (χ3v) is 5.75. The first-order valence-electron chi connectivity index (χ1n) is 9.73. The molecule has 2 aliphatic rings. The van der Waals surface area contributed by atoms with Gasteiger partial charge in [0.15, 0.2) is 0 Å². The molecule has 2 aromatic carbocycles. The Bertz CT molecular complexity index is 794. The molecule has 4 rings (SSSR count). The highest BCUT2D eigenvalue weighted by atomic mass is 16.2. The number of carbonyl (C=O) groups excluding carboxylic acids is 1. The lowest BCUT2D eigenvalue weighted by molar-refractivity contribution is 0.0583. The number of piperidine rings is 1. The van der Waals surface area contributed by atoms with E-state index in [0.717, 1.165) is 44.6 Å². The normalized spacial score (nSPS) is 18.7. The fraction of sp³-hybridized carbons (Fsp3) is 0.435. The Labute approximate surface area is 156 Å². The van der Waals surface area contributed by atoms with E-state index in [1.54, 1.807) is 0 Å². The summed E-state index contributed by atoms with van der Waals surface area (Å²) < 4.78 is 0. The van der Waals surface area contributed by atoms with Gasteiger partial charge in [-0.3, -0.25) is 4.79 Å². The molecule has 0 aromatic heterocycles. The number of carbonyl (C=O) groups is 1. The maximum Gasteiger partial charge on any atom is 0.253 e. The lowest BCUT2D eigenvalue weighted by Crippen LogP contribution is -2.43. The average molecular weight is 348 g/mol. The van der Waals surface area contributed by atoms with Crippen molar-refractivity contribution in [3.63, 3.8) is 0 Å². The lowest BCUT2D eigenvalue weighted by Gasteiger charge is -2.38. The monoisotopic (exact) mass is 348 g/mol. The van der Waals surface area contributed by atoms with Gasteiger partial charge < -0.3 is 9.80 Å². The van der Waals surface area contributed by atoms with Crippen molar-refractivity contribution < 1.29 is 4.79 Å². The number of para-hydroxylation sites is 1. The summed E-state index contributed by atoms with van der Waals surface area (Å²) in [5.74, 6) is 0.177. The Balaban J connectivity index is 1.43. The SMILES string of the molecule is CC1(C)CCCN(C(=O)c2ccc(CN3CCc4ccccc43)cc2)C1. The van der Waals surface area contributed by atoms with E-state index < -0.39 is 0 Å². The van der Waals surface area contributed by atoms with Gasteiger partial charge in [0.1, 0.15) is 0 Å². The predicted octanol–water partition coefficient (Wildman–Crippen LogP) is 4.51. The van der Waals surface area contributed by atoms with Crippen LogP contribution in [0.2, 0.25) is 0 Å². The molecule has 2 heterocycles. The number of anilines is 1. The molecule has 0 atom stereocenters. The Morgan fingerprint density at radius 1 is 1.04 bits per heavy atom. The smallest absolute Gasteiger partial charge is 0.253 e. The quantitative estimate of drug-likeness (QED) is 0.815. The Morgan fingerprint density at radius 2 is 1.81 bits per heavy atom. The van der Waals surface area contributed by atoms with Crippen LogP contribution in [0, 0.1) is 5.41 Å². The van der Waals surface area contributed by atoms with Crippen LogP contribution >= 0.6 is 0 Å². The fourth-order valence-corrected chi connectivity index (χ4v) is 4.32. The largest absolute Gasteiger partial charge is 0.367 e. The Hall–Kier alpha value is -2.29. The van der Waals surface area contributed by atoms with Crippen molar-refractivity contribution in [2.24, 2.45) is 5.41 Å². The van der Waals surface area contributed by atoms with Crippen LogP contribution in [-0.2, 0) is 13.0 Å². The summed E-state index contributed by atoms with van der Waals surface area (Å²) in [6.45, 7) is 8.23.